The SMILES string of the molecule is O=C(O)c1cc(N=Nc2ccccc2)c2ccccc2c1O. The van der Waals surface area contributed by atoms with E-state index in [0.717, 1.165) is 0 Å². The molecule has 0 bridgehead atoms. The minimum absolute atomic E-state index is 0.194. The fourth-order valence-corrected chi connectivity index (χ4v) is 2.19. The highest BCUT2D eigenvalue weighted by Crippen LogP contribution is 2.36. The Labute approximate surface area is 126 Å². The Bertz CT molecular complexity index is 874. The first kappa shape index (κ1) is 13.8. The van der Waals surface area contributed by atoms with Crippen LogP contribution in [0.25, 0.3) is 10.8 Å². The van der Waals surface area contributed by atoms with Crippen LogP contribution >= 0.6 is 0 Å². The third-order valence-corrected chi connectivity index (χ3v) is 3.25. The van der Waals surface area contributed by atoms with Gasteiger partial charge in [0.25, 0.3) is 0 Å². The molecule has 22 heavy (non-hydrogen) atoms. The highest BCUT2D eigenvalue weighted by atomic mass is 16.4. The highest BCUT2D eigenvalue weighted by Gasteiger charge is 2.16. The molecule has 0 fully saturated rings. The second kappa shape index (κ2) is 5.65. The number of phenols is 1. The fraction of sp³-hybridized carbons (Fsp3) is 0. The predicted molar refractivity (Wildman–Crippen MR) is 83.2 cm³/mol. The third kappa shape index (κ3) is 2.52. The summed E-state index contributed by atoms with van der Waals surface area (Å²) < 4.78 is 0. The summed E-state index contributed by atoms with van der Waals surface area (Å²) >= 11 is 0. The van der Waals surface area contributed by atoms with Gasteiger partial charge in [-0.15, -0.1) is 5.11 Å². The molecule has 3 aromatic rings. The van der Waals surface area contributed by atoms with E-state index < -0.39 is 5.97 Å². The van der Waals surface area contributed by atoms with Gasteiger partial charge in [0.15, 0.2) is 0 Å². The van der Waals surface area contributed by atoms with Gasteiger partial charge in [0.1, 0.15) is 11.3 Å². The number of carboxylic acid groups (broad SMARTS) is 1. The van der Waals surface area contributed by atoms with Crippen LogP contribution in [0.1, 0.15) is 10.4 Å². The van der Waals surface area contributed by atoms with Crippen molar-refractivity contribution < 1.29 is 15.0 Å². The summed E-state index contributed by atoms with van der Waals surface area (Å²) in [5.74, 6) is -1.47. The van der Waals surface area contributed by atoms with Crippen molar-refractivity contribution in [3.05, 3.63) is 66.2 Å². The molecule has 0 spiro atoms. The number of benzene rings is 3. The lowest BCUT2D eigenvalue weighted by molar-refractivity contribution is 0.0694. The molecule has 0 aliphatic rings. The van der Waals surface area contributed by atoms with Crippen molar-refractivity contribution in [3.8, 4) is 5.75 Å². The van der Waals surface area contributed by atoms with Gasteiger partial charge in [-0.2, -0.15) is 5.11 Å². The molecular weight excluding hydrogens is 280 g/mol. The molecule has 0 aliphatic heterocycles. The van der Waals surface area contributed by atoms with E-state index in [9.17, 15) is 15.0 Å². The molecule has 0 aromatic heterocycles. The zero-order chi connectivity index (χ0) is 15.5. The molecule has 2 N–H and O–H groups in total. The third-order valence-electron chi connectivity index (χ3n) is 3.25. The zero-order valence-corrected chi connectivity index (χ0v) is 11.5. The molecular formula is C17H12N2O3. The minimum Gasteiger partial charge on any atom is -0.506 e. The van der Waals surface area contributed by atoms with Gasteiger partial charge in [-0.05, 0) is 18.2 Å². The summed E-state index contributed by atoms with van der Waals surface area (Å²) in [4.78, 5) is 11.3. The summed E-state index contributed by atoms with van der Waals surface area (Å²) in [7, 11) is 0. The van der Waals surface area contributed by atoms with Gasteiger partial charge in [0.05, 0.1) is 11.4 Å². The Kier molecular flexibility index (Phi) is 3.53. The van der Waals surface area contributed by atoms with Crippen LogP contribution in [0, 0.1) is 0 Å². The van der Waals surface area contributed by atoms with Crippen molar-refractivity contribution in [2.45, 2.75) is 0 Å². The topological polar surface area (TPSA) is 82.2 Å². The van der Waals surface area contributed by atoms with Crippen LogP contribution in [0.15, 0.2) is 70.9 Å². The Balaban J connectivity index is 2.18. The maximum Gasteiger partial charge on any atom is 0.339 e. The number of aromatic hydroxyl groups is 1. The normalized spacial score (nSPS) is 11.1. The Morgan fingerprint density at radius 3 is 2.18 bits per heavy atom. The average Bonchev–Trinajstić information content (AvgIpc) is 2.55. The lowest BCUT2D eigenvalue weighted by Crippen LogP contribution is -1.97. The van der Waals surface area contributed by atoms with Crippen LogP contribution in [0.4, 0.5) is 11.4 Å². The van der Waals surface area contributed by atoms with Crippen LogP contribution in [-0.4, -0.2) is 16.2 Å². The van der Waals surface area contributed by atoms with Crippen molar-refractivity contribution >= 4 is 28.1 Å². The van der Waals surface area contributed by atoms with Gasteiger partial charge in [0, 0.05) is 10.8 Å². The lowest BCUT2D eigenvalue weighted by Gasteiger charge is -2.07. The van der Waals surface area contributed by atoms with E-state index in [2.05, 4.69) is 10.2 Å². The molecule has 0 saturated heterocycles. The number of hydrogen-bond donors (Lipinski definition) is 2. The van der Waals surface area contributed by atoms with E-state index >= 15 is 0 Å². The second-order valence-corrected chi connectivity index (χ2v) is 4.68. The number of azo groups is 1. The second-order valence-electron chi connectivity index (χ2n) is 4.68. The molecule has 0 heterocycles. The van der Waals surface area contributed by atoms with E-state index in [4.69, 9.17) is 0 Å². The van der Waals surface area contributed by atoms with Gasteiger partial charge in [-0.25, -0.2) is 4.79 Å². The van der Waals surface area contributed by atoms with Gasteiger partial charge >= 0.3 is 5.97 Å². The van der Waals surface area contributed by atoms with Crippen LogP contribution < -0.4 is 0 Å². The van der Waals surface area contributed by atoms with Crippen molar-refractivity contribution in [3.63, 3.8) is 0 Å². The zero-order valence-electron chi connectivity index (χ0n) is 11.5. The summed E-state index contributed by atoms with van der Waals surface area (Å²) in [6.07, 6.45) is 0. The van der Waals surface area contributed by atoms with Crippen LogP contribution in [0.5, 0.6) is 5.75 Å². The monoisotopic (exact) mass is 292 g/mol. The first-order valence-corrected chi connectivity index (χ1v) is 6.61. The summed E-state index contributed by atoms with van der Waals surface area (Å²) in [6, 6.07) is 17.4. The number of carboxylic acids is 1. The smallest absolute Gasteiger partial charge is 0.339 e. The molecule has 0 atom stereocenters. The maximum absolute atomic E-state index is 11.3. The van der Waals surface area contributed by atoms with E-state index in [1.54, 1.807) is 36.4 Å². The lowest BCUT2D eigenvalue weighted by atomic mass is 10.0. The molecule has 0 unspecified atom stereocenters. The van der Waals surface area contributed by atoms with E-state index in [1.807, 2.05) is 18.2 Å². The molecule has 0 aliphatic carbocycles. The Morgan fingerprint density at radius 2 is 1.50 bits per heavy atom. The summed E-state index contributed by atoms with van der Waals surface area (Å²) in [5.41, 5.74) is 0.867. The molecule has 3 aromatic carbocycles. The largest absolute Gasteiger partial charge is 0.506 e. The van der Waals surface area contributed by atoms with Crippen molar-refractivity contribution in [2.24, 2.45) is 10.2 Å². The summed E-state index contributed by atoms with van der Waals surface area (Å²) in [6.45, 7) is 0. The maximum atomic E-state index is 11.3. The fourth-order valence-electron chi connectivity index (χ4n) is 2.19. The average molecular weight is 292 g/mol. The molecule has 0 saturated carbocycles. The van der Waals surface area contributed by atoms with Crippen molar-refractivity contribution in [2.75, 3.05) is 0 Å². The highest BCUT2D eigenvalue weighted by molar-refractivity contribution is 6.05. The van der Waals surface area contributed by atoms with Crippen LogP contribution in [0.2, 0.25) is 0 Å². The molecule has 0 amide bonds. The first-order valence-electron chi connectivity index (χ1n) is 6.61. The van der Waals surface area contributed by atoms with E-state index in [1.165, 1.54) is 6.07 Å². The number of nitrogens with zero attached hydrogens (tertiary/aromatic N) is 2. The van der Waals surface area contributed by atoms with Gasteiger partial charge < -0.3 is 10.2 Å². The molecule has 5 nitrogen and oxygen atoms in total. The van der Waals surface area contributed by atoms with Crippen LogP contribution in [0.3, 0.4) is 0 Å². The van der Waals surface area contributed by atoms with Crippen molar-refractivity contribution in [1.82, 2.24) is 0 Å². The first-order chi connectivity index (χ1) is 10.7. The van der Waals surface area contributed by atoms with Crippen molar-refractivity contribution in [1.29, 1.82) is 0 Å². The Hall–Kier alpha value is -3.21. The number of hydrogen-bond acceptors (Lipinski definition) is 4. The van der Waals surface area contributed by atoms with Gasteiger partial charge in [0.2, 0.25) is 0 Å². The van der Waals surface area contributed by atoms with Gasteiger partial charge in [-0.1, -0.05) is 42.5 Å². The van der Waals surface area contributed by atoms with Crippen LogP contribution in [-0.2, 0) is 0 Å². The van der Waals surface area contributed by atoms with E-state index in [-0.39, 0.29) is 11.3 Å². The number of fused-ring (bicyclic) bond motifs is 1. The number of rotatable bonds is 3. The number of carbonyl (C=O) groups is 1. The quantitative estimate of drug-likeness (QED) is 0.689. The number of aromatic carboxylic acids is 1. The predicted octanol–water partition coefficient (Wildman–Crippen LogP) is 4.66. The molecule has 0 radical (unpaired) electrons. The summed E-state index contributed by atoms with van der Waals surface area (Å²) in [5, 5.41) is 28.6. The van der Waals surface area contributed by atoms with Gasteiger partial charge in [-0.3, -0.25) is 0 Å². The Morgan fingerprint density at radius 1 is 0.864 bits per heavy atom. The molecule has 3 rings (SSSR count). The minimum atomic E-state index is -1.21. The standard InChI is InChI=1S/C17H12N2O3/c20-16-13-9-5-4-8-12(13)15(10-14(16)17(21)22)19-18-11-6-2-1-3-7-11/h1-10,20H,(H,21,22). The molecule has 5 heteroatoms. The van der Waals surface area contributed by atoms with E-state index in [0.29, 0.717) is 22.1 Å². The molecule has 108 valence electrons.